The Hall–Kier alpha value is -1.82. The van der Waals surface area contributed by atoms with Gasteiger partial charge in [-0.15, -0.1) is 0 Å². The molecule has 0 aromatic carbocycles. The fourth-order valence-corrected chi connectivity index (χ4v) is 3.31. The van der Waals surface area contributed by atoms with Gasteiger partial charge in [0.15, 0.2) is 0 Å². The average molecular weight is 350 g/mol. The molecule has 0 N–H and O–H groups in total. The van der Waals surface area contributed by atoms with Crippen molar-refractivity contribution in [3.8, 4) is 0 Å². The molecular weight excluding hydrogens is 320 g/mol. The lowest BCUT2D eigenvalue weighted by molar-refractivity contribution is -0.135. The van der Waals surface area contributed by atoms with E-state index in [9.17, 15) is 9.59 Å². The van der Waals surface area contributed by atoms with Crippen molar-refractivity contribution in [3.05, 3.63) is 23.2 Å². The maximum absolute atomic E-state index is 12.5. The number of hydrogen-bond acceptors (Lipinski definition) is 5. The molecule has 1 aromatic rings. The monoisotopic (exact) mass is 350 g/mol. The van der Waals surface area contributed by atoms with Gasteiger partial charge in [-0.05, 0) is 45.3 Å². The maximum atomic E-state index is 12.5. The van der Waals surface area contributed by atoms with Gasteiger partial charge < -0.3 is 14.1 Å². The number of furan rings is 1. The number of likely N-dealkylation sites (tertiary alicyclic amines) is 1. The lowest BCUT2D eigenvalue weighted by Gasteiger charge is -2.32. The van der Waals surface area contributed by atoms with Gasteiger partial charge in [0, 0.05) is 19.5 Å². The van der Waals surface area contributed by atoms with Crippen LogP contribution in [0, 0.1) is 12.8 Å². The molecule has 2 heterocycles. The van der Waals surface area contributed by atoms with Gasteiger partial charge in [0.2, 0.25) is 5.91 Å². The highest BCUT2D eigenvalue weighted by atomic mass is 16.5. The van der Waals surface area contributed by atoms with Gasteiger partial charge in [0.25, 0.3) is 0 Å². The molecule has 0 radical (unpaired) electrons. The minimum atomic E-state index is -0.369. The number of rotatable bonds is 7. The Bertz CT molecular complexity index is 588. The van der Waals surface area contributed by atoms with Crippen LogP contribution in [0.5, 0.6) is 0 Å². The van der Waals surface area contributed by atoms with E-state index in [0.717, 1.165) is 51.1 Å². The van der Waals surface area contributed by atoms with Crippen molar-refractivity contribution >= 4 is 11.9 Å². The fourth-order valence-electron chi connectivity index (χ4n) is 3.31. The zero-order valence-electron chi connectivity index (χ0n) is 15.8. The summed E-state index contributed by atoms with van der Waals surface area (Å²) in [5, 5.41) is 0. The predicted octanol–water partition coefficient (Wildman–Crippen LogP) is 2.85. The fraction of sp³-hybridized carbons (Fsp3) is 0.684. The van der Waals surface area contributed by atoms with Crippen molar-refractivity contribution in [2.45, 2.75) is 46.1 Å². The summed E-state index contributed by atoms with van der Waals surface area (Å²) in [7, 11) is 3.28. The van der Waals surface area contributed by atoms with E-state index in [-0.39, 0.29) is 17.8 Å². The van der Waals surface area contributed by atoms with E-state index in [0.29, 0.717) is 17.9 Å². The molecule has 0 aliphatic carbocycles. The summed E-state index contributed by atoms with van der Waals surface area (Å²) in [6.45, 7) is 7.14. The van der Waals surface area contributed by atoms with Crippen LogP contribution < -0.4 is 0 Å². The van der Waals surface area contributed by atoms with Crippen LogP contribution in [0.2, 0.25) is 0 Å². The molecule has 0 atom stereocenters. The minimum Gasteiger partial charge on any atom is -0.465 e. The standard InChI is InChI=1S/C19H30N2O4/c1-5-6-9-20(3)18(22)15-7-10-21(11-8-15)13-16-12-17(14(2)25-16)19(23)24-4/h12,15H,5-11,13H2,1-4H3. The van der Waals surface area contributed by atoms with Crippen molar-refractivity contribution < 1.29 is 18.7 Å². The molecule has 0 spiro atoms. The smallest absolute Gasteiger partial charge is 0.341 e. The van der Waals surface area contributed by atoms with Crippen LogP contribution in [0.4, 0.5) is 0 Å². The molecule has 1 fully saturated rings. The quantitative estimate of drug-likeness (QED) is 0.708. The van der Waals surface area contributed by atoms with E-state index in [4.69, 9.17) is 9.15 Å². The molecule has 0 bridgehead atoms. The van der Waals surface area contributed by atoms with Crippen molar-refractivity contribution in [2.24, 2.45) is 5.92 Å². The van der Waals surface area contributed by atoms with Crippen LogP contribution in [0.25, 0.3) is 0 Å². The molecule has 1 saturated heterocycles. The number of ether oxygens (including phenoxy) is 1. The van der Waals surface area contributed by atoms with Crippen LogP contribution >= 0.6 is 0 Å². The molecule has 25 heavy (non-hydrogen) atoms. The first kappa shape index (κ1) is 19.5. The summed E-state index contributed by atoms with van der Waals surface area (Å²) in [5.41, 5.74) is 0.486. The van der Waals surface area contributed by atoms with Gasteiger partial charge in [0.1, 0.15) is 17.1 Å². The highest BCUT2D eigenvalue weighted by molar-refractivity contribution is 5.90. The summed E-state index contributed by atoms with van der Waals surface area (Å²) >= 11 is 0. The van der Waals surface area contributed by atoms with Gasteiger partial charge in [-0.1, -0.05) is 13.3 Å². The Morgan fingerprint density at radius 1 is 1.36 bits per heavy atom. The van der Waals surface area contributed by atoms with E-state index in [1.54, 1.807) is 13.0 Å². The number of aryl methyl sites for hydroxylation is 1. The summed E-state index contributed by atoms with van der Waals surface area (Å²) in [4.78, 5) is 28.3. The van der Waals surface area contributed by atoms with Crippen LogP contribution in [-0.2, 0) is 16.1 Å². The first-order chi connectivity index (χ1) is 12.0. The normalized spacial score (nSPS) is 16.0. The number of nitrogens with zero attached hydrogens (tertiary/aromatic N) is 2. The van der Waals surface area contributed by atoms with E-state index >= 15 is 0 Å². The number of amides is 1. The molecule has 0 saturated carbocycles. The summed E-state index contributed by atoms with van der Waals surface area (Å²) < 4.78 is 10.4. The summed E-state index contributed by atoms with van der Waals surface area (Å²) in [6.07, 6.45) is 3.91. The number of unbranched alkanes of at least 4 members (excludes halogenated alkanes) is 1. The second-order valence-corrected chi connectivity index (χ2v) is 6.84. The molecule has 1 aliphatic heterocycles. The first-order valence-corrected chi connectivity index (χ1v) is 9.11. The number of carbonyl (C=O) groups excluding carboxylic acids is 2. The number of methoxy groups -OCH3 is 1. The largest absolute Gasteiger partial charge is 0.465 e. The maximum Gasteiger partial charge on any atom is 0.341 e. The Labute approximate surface area is 150 Å². The van der Waals surface area contributed by atoms with Crippen LogP contribution in [0.15, 0.2) is 10.5 Å². The number of piperidine rings is 1. The molecule has 6 nitrogen and oxygen atoms in total. The lowest BCUT2D eigenvalue weighted by atomic mass is 9.95. The van der Waals surface area contributed by atoms with E-state index in [2.05, 4.69) is 11.8 Å². The van der Waals surface area contributed by atoms with E-state index < -0.39 is 0 Å². The van der Waals surface area contributed by atoms with Crippen LogP contribution in [0.1, 0.15) is 54.5 Å². The topological polar surface area (TPSA) is 63.0 Å². The third-order valence-electron chi connectivity index (χ3n) is 4.91. The van der Waals surface area contributed by atoms with Crippen LogP contribution in [-0.4, -0.2) is 55.5 Å². The number of hydrogen-bond donors (Lipinski definition) is 0. The van der Waals surface area contributed by atoms with E-state index in [1.165, 1.54) is 7.11 Å². The minimum absolute atomic E-state index is 0.127. The summed E-state index contributed by atoms with van der Waals surface area (Å²) in [5.74, 6) is 1.39. The van der Waals surface area contributed by atoms with Gasteiger partial charge >= 0.3 is 5.97 Å². The van der Waals surface area contributed by atoms with Gasteiger partial charge in [-0.25, -0.2) is 4.79 Å². The van der Waals surface area contributed by atoms with Crippen molar-refractivity contribution in [2.75, 3.05) is 33.8 Å². The second kappa shape index (κ2) is 9.04. The zero-order chi connectivity index (χ0) is 18.4. The van der Waals surface area contributed by atoms with Gasteiger partial charge in [-0.2, -0.15) is 0 Å². The zero-order valence-corrected chi connectivity index (χ0v) is 15.8. The SMILES string of the molecule is CCCCN(C)C(=O)C1CCN(Cc2cc(C(=O)OC)c(C)o2)CC1. The molecular formula is C19H30N2O4. The third kappa shape index (κ3) is 5.08. The first-order valence-electron chi connectivity index (χ1n) is 9.11. The Morgan fingerprint density at radius 3 is 2.64 bits per heavy atom. The molecule has 0 unspecified atom stereocenters. The molecule has 1 aromatic heterocycles. The highest BCUT2D eigenvalue weighted by Gasteiger charge is 2.27. The molecule has 6 heteroatoms. The molecule has 140 valence electrons. The second-order valence-electron chi connectivity index (χ2n) is 6.84. The Morgan fingerprint density at radius 2 is 2.04 bits per heavy atom. The lowest BCUT2D eigenvalue weighted by Crippen LogP contribution is -2.41. The van der Waals surface area contributed by atoms with Crippen molar-refractivity contribution in [3.63, 3.8) is 0 Å². The number of esters is 1. The molecule has 2 rings (SSSR count). The average Bonchev–Trinajstić information content (AvgIpc) is 2.99. The Kier molecular flexibility index (Phi) is 7.05. The number of carbonyl (C=O) groups is 2. The van der Waals surface area contributed by atoms with Crippen molar-refractivity contribution in [1.29, 1.82) is 0 Å². The predicted molar refractivity (Wildman–Crippen MR) is 95.3 cm³/mol. The third-order valence-corrected chi connectivity index (χ3v) is 4.91. The Balaban J connectivity index is 1.84. The van der Waals surface area contributed by atoms with Gasteiger partial charge in [0.05, 0.1) is 13.7 Å². The van der Waals surface area contributed by atoms with E-state index in [1.807, 2.05) is 11.9 Å². The molecule has 1 amide bonds. The van der Waals surface area contributed by atoms with Crippen LogP contribution in [0.3, 0.4) is 0 Å². The van der Waals surface area contributed by atoms with Crippen molar-refractivity contribution in [1.82, 2.24) is 9.80 Å². The molecule has 1 aliphatic rings. The summed E-state index contributed by atoms with van der Waals surface area (Å²) in [6, 6.07) is 1.76. The highest BCUT2D eigenvalue weighted by Crippen LogP contribution is 2.23. The van der Waals surface area contributed by atoms with Gasteiger partial charge in [-0.3, -0.25) is 9.69 Å².